The summed E-state index contributed by atoms with van der Waals surface area (Å²) in [6.45, 7) is 5.34. The van der Waals surface area contributed by atoms with Crippen LogP contribution < -0.4 is 5.73 Å². The summed E-state index contributed by atoms with van der Waals surface area (Å²) in [5.74, 6) is 0.864. The zero-order valence-electron chi connectivity index (χ0n) is 9.97. The molecule has 0 amide bonds. The molecule has 2 rings (SSSR count). The van der Waals surface area contributed by atoms with Crippen LogP contribution in [0.4, 0.5) is 0 Å². The molecular formula is C13H21N3. The number of likely N-dealkylation sites (tertiary alicyclic amines) is 1. The van der Waals surface area contributed by atoms with Gasteiger partial charge in [0, 0.05) is 25.0 Å². The second kappa shape index (κ2) is 5.41. The highest BCUT2D eigenvalue weighted by atomic mass is 15.2. The molecule has 0 spiro atoms. The number of nitrogens with zero attached hydrogens (tertiary/aromatic N) is 2. The summed E-state index contributed by atoms with van der Waals surface area (Å²) in [6, 6.07) is 4.47. The van der Waals surface area contributed by atoms with Crippen molar-refractivity contribution in [3.8, 4) is 0 Å². The van der Waals surface area contributed by atoms with E-state index in [0.717, 1.165) is 19.0 Å². The van der Waals surface area contributed by atoms with Crippen molar-refractivity contribution in [2.45, 2.75) is 25.8 Å². The Bertz CT molecular complexity index is 304. The predicted molar refractivity (Wildman–Crippen MR) is 66.0 cm³/mol. The van der Waals surface area contributed by atoms with Crippen molar-refractivity contribution in [1.82, 2.24) is 9.88 Å². The Morgan fingerprint density at radius 3 is 2.81 bits per heavy atom. The van der Waals surface area contributed by atoms with Gasteiger partial charge in [-0.1, -0.05) is 13.0 Å². The number of rotatable bonds is 3. The average Bonchev–Trinajstić information content (AvgIpc) is 2.34. The Labute approximate surface area is 97.7 Å². The van der Waals surface area contributed by atoms with Crippen LogP contribution in [0.2, 0.25) is 0 Å². The van der Waals surface area contributed by atoms with Gasteiger partial charge < -0.3 is 5.73 Å². The zero-order valence-corrected chi connectivity index (χ0v) is 9.97. The van der Waals surface area contributed by atoms with E-state index in [1.807, 2.05) is 18.5 Å². The molecule has 16 heavy (non-hydrogen) atoms. The fraction of sp³-hybridized carbons (Fsp3) is 0.615. The lowest BCUT2D eigenvalue weighted by Crippen LogP contribution is -2.39. The van der Waals surface area contributed by atoms with Gasteiger partial charge in [0.15, 0.2) is 0 Å². The van der Waals surface area contributed by atoms with Gasteiger partial charge in [-0.05, 0) is 43.5 Å². The largest absolute Gasteiger partial charge is 0.329 e. The summed E-state index contributed by atoms with van der Waals surface area (Å²) in [6.07, 6.45) is 6.33. The molecule has 3 nitrogen and oxygen atoms in total. The fourth-order valence-electron chi connectivity index (χ4n) is 2.41. The summed E-state index contributed by atoms with van der Waals surface area (Å²) in [5.41, 5.74) is 7.15. The van der Waals surface area contributed by atoms with Gasteiger partial charge in [0.25, 0.3) is 0 Å². The standard InChI is InChI=1S/C13H21N3/c1-11-4-7-16(8-5-11)13(9-14)12-3-2-6-15-10-12/h2-3,6,10-11,13H,4-5,7-9,14H2,1H3. The first-order valence-corrected chi connectivity index (χ1v) is 6.15. The Morgan fingerprint density at radius 1 is 1.50 bits per heavy atom. The van der Waals surface area contributed by atoms with Crippen molar-refractivity contribution in [2.75, 3.05) is 19.6 Å². The smallest absolute Gasteiger partial charge is 0.0485 e. The van der Waals surface area contributed by atoms with Crippen LogP contribution in [0, 0.1) is 5.92 Å². The van der Waals surface area contributed by atoms with Crippen molar-refractivity contribution in [3.05, 3.63) is 30.1 Å². The van der Waals surface area contributed by atoms with Crippen LogP contribution in [0.15, 0.2) is 24.5 Å². The van der Waals surface area contributed by atoms with Crippen molar-refractivity contribution in [3.63, 3.8) is 0 Å². The van der Waals surface area contributed by atoms with Crippen molar-refractivity contribution >= 4 is 0 Å². The third-order valence-electron chi connectivity index (χ3n) is 3.55. The highest BCUT2D eigenvalue weighted by molar-refractivity contribution is 5.14. The van der Waals surface area contributed by atoms with Crippen molar-refractivity contribution in [2.24, 2.45) is 11.7 Å². The van der Waals surface area contributed by atoms with Crippen LogP contribution >= 0.6 is 0 Å². The molecule has 2 N–H and O–H groups in total. The Balaban J connectivity index is 2.05. The van der Waals surface area contributed by atoms with Crippen LogP contribution in [0.5, 0.6) is 0 Å². The van der Waals surface area contributed by atoms with Crippen molar-refractivity contribution < 1.29 is 0 Å². The third-order valence-corrected chi connectivity index (χ3v) is 3.55. The van der Waals surface area contributed by atoms with Gasteiger partial charge in [-0.3, -0.25) is 9.88 Å². The van der Waals surface area contributed by atoms with Gasteiger partial charge >= 0.3 is 0 Å². The van der Waals surface area contributed by atoms with Gasteiger partial charge in [-0.2, -0.15) is 0 Å². The topological polar surface area (TPSA) is 42.1 Å². The predicted octanol–water partition coefficient (Wildman–Crippen LogP) is 1.81. The van der Waals surface area contributed by atoms with E-state index in [-0.39, 0.29) is 0 Å². The van der Waals surface area contributed by atoms with E-state index in [4.69, 9.17) is 5.73 Å². The lowest BCUT2D eigenvalue weighted by Gasteiger charge is -2.36. The second-order valence-electron chi connectivity index (χ2n) is 4.76. The molecule has 88 valence electrons. The summed E-state index contributed by atoms with van der Waals surface area (Å²) in [7, 11) is 0. The molecule has 0 aromatic carbocycles. The lowest BCUT2D eigenvalue weighted by molar-refractivity contribution is 0.141. The summed E-state index contributed by atoms with van der Waals surface area (Å²) in [4.78, 5) is 6.68. The van der Waals surface area contributed by atoms with E-state index in [1.54, 1.807) is 0 Å². The molecule has 1 saturated heterocycles. The molecule has 1 unspecified atom stereocenters. The maximum atomic E-state index is 5.90. The molecule has 2 heterocycles. The quantitative estimate of drug-likeness (QED) is 0.843. The SMILES string of the molecule is CC1CCN(C(CN)c2cccnc2)CC1. The van der Waals surface area contributed by atoms with Gasteiger partial charge in [-0.25, -0.2) is 0 Å². The van der Waals surface area contributed by atoms with E-state index < -0.39 is 0 Å². The molecule has 0 bridgehead atoms. The first-order valence-electron chi connectivity index (χ1n) is 6.15. The van der Waals surface area contributed by atoms with Gasteiger partial charge in [0.2, 0.25) is 0 Å². The molecule has 3 heteroatoms. The number of hydrogen-bond donors (Lipinski definition) is 1. The Morgan fingerprint density at radius 2 is 2.25 bits per heavy atom. The van der Waals surface area contributed by atoms with Crippen LogP contribution in [0.3, 0.4) is 0 Å². The van der Waals surface area contributed by atoms with E-state index in [9.17, 15) is 0 Å². The highest BCUT2D eigenvalue weighted by Gasteiger charge is 2.23. The monoisotopic (exact) mass is 219 g/mol. The minimum absolute atomic E-state index is 0.348. The lowest BCUT2D eigenvalue weighted by atomic mass is 9.96. The first-order chi connectivity index (χ1) is 7.81. The molecule has 1 aromatic heterocycles. The van der Waals surface area contributed by atoms with E-state index in [2.05, 4.69) is 22.9 Å². The summed E-state index contributed by atoms with van der Waals surface area (Å²) >= 11 is 0. The van der Waals surface area contributed by atoms with Gasteiger partial charge in [-0.15, -0.1) is 0 Å². The molecule has 0 saturated carbocycles. The molecule has 1 aliphatic rings. The maximum absolute atomic E-state index is 5.90. The normalized spacial score (nSPS) is 20.9. The summed E-state index contributed by atoms with van der Waals surface area (Å²) < 4.78 is 0. The van der Waals surface area contributed by atoms with Crippen LogP contribution in [-0.4, -0.2) is 29.5 Å². The van der Waals surface area contributed by atoms with Gasteiger partial charge in [0.1, 0.15) is 0 Å². The molecule has 0 radical (unpaired) electrons. The minimum atomic E-state index is 0.348. The Hall–Kier alpha value is -0.930. The minimum Gasteiger partial charge on any atom is -0.329 e. The maximum Gasteiger partial charge on any atom is 0.0485 e. The molecule has 1 atom stereocenters. The number of aromatic nitrogens is 1. The Kier molecular flexibility index (Phi) is 3.91. The van der Waals surface area contributed by atoms with Crippen LogP contribution in [-0.2, 0) is 0 Å². The number of pyridine rings is 1. The molecular weight excluding hydrogens is 198 g/mol. The van der Waals surface area contributed by atoms with Crippen LogP contribution in [0.25, 0.3) is 0 Å². The van der Waals surface area contributed by atoms with Crippen molar-refractivity contribution in [1.29, 1.82) is 0 Å². The highest BCUT2D eigenvalue weighted by Crippen LogP contribution is 2.25. The molecule has 0 aliphatic carbocycles. The first kappa shape index (κ1) is 11.6. The number of nitrogens with two attached hydrogens (primary N) is 1. The van der Waals surface area contributed by atoms with E-state index in [1.165, 1.54) is 18.4 Å². The average molecular weight is 219 g/mol. The zero-order chi connectivity index (χ0) is 11.4. The number of piperidine rings is 1. The summed E-state index contributed by atoms with van der Waals surface area (Å²) in [5, 5.41) is 0. The van der Waals surface area contributed by atoms with E-state index in [0.29, 0.717) is 12.6 Å². The third kappa shape index (κ3) is 2.60. The molecule has 1 aliphatic heterocycles. The molecule has 1 aromatic rings. The van der Waals surface area contributed by atoms with Gasteiger partial charge in [0.05, 0.1) is 0 Å². The molecule has 1 fully saturated rings. The second-order valence-corrected chi connectivity index (χ2v) is 4.76. The van der Waals surface area contributed by atoms with Crippen LogP contribution in [0.1, 0.15) is 31.4 Å². The fourth-order valence-corrected chi connectivity index (χ4v) is 2.41. The van der Waals surface area contributed by atoms with E-state index >= 15 is 0 Å². The number of hydrogen-bond acceptors (Lipinski definition) is 3.